The van der Waals surface area contributed by atoms with Gasteiger partial charge in [-0.25, -0.2) is 0 Å². The second-order valence-corrected chi connectivity index (χ2v) is 3.72. The molecule has 1 radical (unpaired) electrons. The van der Waals surface area contributed by atoms with Gasteiger partial charge in [0, 0.05) is 6.42 Å². The fourth-order valence-electron chi connectivity index (χ4n) is 0.423. The number of unbranched alkanes of at least 4 members (excludes halogenated alkanes) is 1. The number of hydrogen-bond donors (Lipinski definition) is 1. The van der Waals surface area contributed by atoms with E-state index in [0.717, 1.165) is 12.5 Å². The highest BCUT2D eigenvalue weighted by molar-refractivity contribution is 6.48. The number of nitrogens with zero attached hydrogens (tertiary/aromatic N) is 1. The van der Waals surface area contributed by atoms with Gasteiger partial charge in [0.15, 0.2) is 0 Å². The SMILES string of the molecule is C[Si](O)CCCC#N. The van der Waals surface area contributed by atoms with Crippen LogP contribution in [0.4, 0.5) is 0 Å². The van der Waals surface area contributed by atoms with Crippen molar-refractivity contribution >= 4 is 9.04 Å². The number of nitriles is 1. The minimum absolute atomic E-state index is 0.586. The summed E-state index contributed by atoms with van der Waals surface area (Å²) in [6, 6.07) is 2.87. The van der Waals surface area contributed by atoms with Crippen LogP contribution in [0, 0.1) is 11.3 Å². The third kappa shape index (κ3) is 5.67. The van der Waals surface area contributed by atoms with Gasteiger partial charge in [0.1, 0.15) is 0 Å². The van der Waals surface area contributed by atoms with Crippen LogP contribution >= 0.6 is 0 Å². The van der Waals surface area contributed by atoms with E-state index in [4.69, 9.17) is 10.1 Å². The van der Waals surface area contributed by atoms with Crippen molar-refractivity contribution in [2.45, 2.75) is 25.4 Å². The Morgan fingerprint density at radius 1 is 1.75 bits per heavy atom. The molecule has 0 aromatic heterocycles. The largest absolute Gasteiger partial charge is 0.432 e. The second-order valence-electron chi connectivity index (χ2n) is 1.75. The summed E-state index contributed by atoms with van der Waals surface area (Å²) in [7, 11) is -1.06. The molecule has 0 aliphatic carbocycles. The molecule has 3 heteroatoms. The molecule has 8 heavy (non-hydrogen) atoms. The Hall–Kier alpha value is -0.333. The molecule has 0 bridgehead atoms. The first-order valence-corrected chi connectivity index (χ1v) is 4.81. The van der Waals surface area contributed by atoms with E-state index in [1.54, 1.807) is 0 Å². The van der Waals surface area contributed by atoms with E-state index < -0.39 is 9.04 Å². The minimum atomic E-state index is -1.06. The maximum Gasteiger partial charge on any atom is 0.203 e. The maximum atomic E-state index is 8.77. The van der Waals surface area contributed by atoms with E-state index in [1.807, 2.05) is 12.6 Å². The molecule has 0 aliphatic heterocycles. The van der Waals surface area contributed by atoms with E-state index in [1.165, 1.54) is 0 Å². The molecule has 1 N–H and O–H groups in total. The van der Waals surface area contributed by atoms with Crippen molar-refractivity contribution in [3.63, 3.8) is 0 Å². The molecule has 0 saturated heterocycles. The van der Waals surface area contributed by atoms with Crippen molar-refractivity contribution in [2.24, 2.45) is 0 Å². The average Bonchev–Trinajstić information content (AvgIpc) is 1.66. The summed E-state index contributed by atoms with van der Waals surface area (Å²) in [5, 5.41) is 8.06. The first-order valence-electron chi connectivity index (χ1n) is 2.65. The van der Waals surface area contributed by atoms with Gasteiger partial charge in [-0.1, -0.05) is 0 Å². The average molecular weight is 128 g/mol. The zero-order valence-electron chi connectivity index (χ0n) is 5.02. The van der Waals surface area contributed by atoms with Crippen molar-refractivity contribution in [3.8, 4) is 6.07 Å². The fraction of sp³-hybridized carbons (Fsp3) is 0.800. The van der Waals surface area contributed by atoms with Crippen molar-refractivity contribution in [1.82, 2.24) is 0 Å². The Morgan fingerprint density at radius 2 is 2.38 bits per heavy atom. The third-order valence-electron chi connectivity index (χ3n) is 0.827. The molecule has 0 aliphatic rings. The summed E-state index contributed by atoms with van der Waals surface area (Å²) in [6.07, 6.45) is 1.44. The first kappa shape index (κ1) is 7.67. The van der Waals surface area contributed by atoms with Crippen LogP contribution in [0.15, 0.2) is 0 Å². The lowest BCUT2D eigenvalue weighted by Gasteiger charge is -1.93. The molecule has 0 amide bonds. The molecule has 0 fully saturated rings. The fourth-order valence-corrected chi connectivity index (χ4v) is 1.11. The smallest absolute Gasteiger partial charge is 0.203 e. The summed E-state index contributed by atoms with van der Waals surface area (Å²) >= 11 is 0. The highest BCUT2D eigenvalue weighted by atomic mass is 28.3. The number of rotatable bonds is 3. The molecule has 0 spiro atoms. The van der Waals surface area contributed by atoms with Crippen LogP contribution < -0.4 is 0 Å². The van der Waals surface area contributed by atoms with Crippen LogP contribution in [-0.2, 0) is 0 Å². The van der Waals surface area contributed by atoms with Crippen LogP contribution in [-0.4, -0.2) is 13.8 Å². The van der Waals surface area contributed by atoms with Crippen LogP contribution in [0.2, 0.25) is 12.6 Å². The van der Waals surface area contributed by atoms with Crippen molar-refractivity contribution in [1.29, 1.82) is 5.26 Å². The quantitative estimate of drug-likeness (QED) is 0.453. The van der Waals surface area contributed by atoms with Crippen LogP contribution in [0.5, 0.6) is 0 Å². The van der Waals surface area contributed by atoms with Gasteiger partial charge in [0.2, 0.25) is 9.04 Å². The van der Waals surface area contributed by atoms with Crippen molar-refractivity contribution in [2.75, 3.05) is 0 Å². The van der Waals surface area contributed by atoms with Crippen LogP contribution in [0.1, 0.15) is 12.8 Å². The molecule has 0 heterocycles. The van der Waals surface area contributed by atoms with Gasteiger partial charge in [-0.2, -0.15) is 5.26 Å². The van der Waals surface area contributed by atoms with Gasteiger partial charge in [-0.05, 0) is 19.0 Å². The summed E-state index contributed by atoms with van der Waals surface area (Å²) in [5.74, 6) is 0. The van der Waals surface area contributed by atoms with E-state index in [9.17, 15) is 0 Å². The van der Waals surface area contributed by atoms with E-state index in [2.05, 4.69) is 0 Å². The van der Waals surface area contributed by atoms with Gasteiger partial charge in [0.05, 0.1) is 6.07 Å². The first-order chi connectivity index (χ1) is 3.77. The van der Waals surface area contributed by atoms with Gasteiger partial charge in [0.25, 0.3) is 0 Å². The normalized spacial score (nSPS) is 9.25. The molecular formula is C5H10NOSi. The maximum absolute atomic E-state index is 8.77. The Labute approximate surface area is 51.5 Å². The highest BCUT2D eigenvalue weighted by Gasteiger charge is 1.96. The molecule has 0 saturated carbocycles. The minimum Gasteiger partial charge on any atom is -0.432 e. The van der Waals surface area contributed by atoms with E-state index >= 15 is 0 Å². The molecular weight excluding hydrogens is 118 g/mol. The van der Waals surface area contributed by atoms with Gasteiger partial charge in [-0.15, -0.1) is 0 Å². The zero-order chi connectivity index (χ0) is 6.41. The molecule has 0 aromatic carbocycles. The zero-order valence-corrected chi connectivity index (χ0v) is 6.02. The van der Waals surface area contributed by atoms with Crippen molar-refractivity contribution in [3.05, 3.63) is 0 Å². The highest BCUT2D eigenvalue weighted by Crippen LogP contribution is 1.96. The van der Waals surface area contributed by atoms with Crippen LogP contribution in [0.3, 0.4) is 0 Å². The Bertz CT molecular complexity index is 86.9. The lowest BCUT2D eigenvalue weighted by atomic mass is 10.4. The summed E-state index contributed by atoms with van der Waals surface area (Å²) in [5.41, 5.74) is 0. The summed E-state index contributed by atoms with van der Waals surface area (Å²) < 4.78 is 0. The molecule has 0 aromatic rings. The Morgan fingerprint density at radius 3 is 2.75 bits per heavy atom. The molecule has 0 unspecified atom stereocenters. The van der Waals surface area contributed by atoms with Gasteiger partial charge >= 0.3 is 0 Å². The molecule has 0 atom stereocenters. The van der Waals surface area contributed by atoms with Crippen LogP contribution in [0.25, 0.3) is 0 Å². The molecule has 2 nitrogen and oxygen atoms in total. The molecule has 45 valence electrons. The monoisotopic (exact) mass is 128 g/mol. The Kier molecular flexibility index (Phi) is 4.62. The second kappa shape index (κ2) is 4.82. The van der Waals surface area contributed by atoms with Crippen molar-refractivity contribution < 1.29 is 4.80 Å². The predicted molar refractivity (Wildman–Crippen MR) is 33.5 cm³/mol. The molecule has 0 rings (SSSR count). The standard InChI is InChI=1S/C5H10NOSi/c1-8(7)5-3-2-4-6/h7H,2-3,5H2,1H3. The third-order valence-corrected chi connectivity index (χ3v) is 1.90. The lowest BCUT2D eigenvalue weighted by Crippen LogP contribution is -2.03. The summed E-state index contributed by atoms with van der Waals surface area (Å²) in [6.45, 7) is 1.84. The van der Waals surface area contributed by atoms with Gasteiger partial charge < -0.3 is 4.80 Å². The predicted octanol–water partition coefficient (Wildman–Crippen LogP) is 0.904. The van der Waals surface area contributed by atoms with E-state index in [-0.39, 0.29) is 0 Å². The van der Waals surface area contributed by atoms with E-state index in [0.29, 0.717) is 6.42 Å². The lowest BCUT2D eigenvalue weighted by molar-refractivity contribution is 0.573. The van der Waals surface area contributed by atoms with Gasteiger partial charge in [-0.3, -0.25) is 0 Å². The Balaban J connectivity index is 2.85. The summed E-state index contributed by atoms with van der Waals surface area (Å²) in [4.78, 5) is 8.77. The number of hydrogen-bond acceptors (Lipinski definition) is 2. The topological polar surface area (TPSA) is 44.0 Å².